The highest BCUT2D eigenvalue weighted by molar-refractivity contribution is 7.94. The first kappa shape index (κ1) is 29.1. The molecule has 210 valence electrons. The van der Waals surface area contributed by atoms with Gasteiger partial charge in [0.1, 0.15) is 0 Å². The Labute approximate surface area is 234 Å². The molecule has 1 aromatic carbocycles. The number of hydrogen-bond acceptors (Lipinski definition) is 7. The molecule has 4 rings (SSSR count). The molecule has 2 atom stereocenters. The van der Waals surface area contributed by atoms with Crippen LogP contribution in [0.5, 0.6) is 0 Å². The van der Waals surface area contributed by atoms with Crippen molar-refractivity contribution < 1.29 is 23.3 Å². The van der Waals surface area contributed by atoms with Crippen LogP contribution in [0.25, 0.3) is 11.1 Å². The number of pyridine rings is 1. The van der Waals surface area contributed by atoms with Crippen LogP contribution in [0.2, 0.25) is 0 Å². The topological polar surface area (TPSA) is 125 Å². The molecule has 10 heteroatoms. The lowest BCUT2D eigenvalue weighted by Crippen LogP contribution is -2.28. The van der Waals surface area contributed by atoms with Crippen molar-refractivity contribution in [1.82, 2.24) is 9.88 Å². The van der Waals surface area contributed by atoms with Crippen LogP contribution in [0.1, 0.15) is 39.3 Å². The third kappa shape index (κ3) is 7.41. The van der Waals surface area contributed by atoms with Crippen molar-refractivity contribution in [3.05, 3.63) is 96.2 Å². The molecule has 2 aromatic heterocycles. The molecule has 0 spiro atoms. The second-order valence-electron chi connectivity index (χ2n) is 9.69. The second-order valence-corrected chi connectivity index (χ2v) is 12.3. The molecule has 0 radical (unpaired) electrons. The number of rotatable bonds is 11. The number of anilines is 1. The Morgan fingerprint density at radius 2 is 2.02 bits per heavy atom. The van der Waals surface area contributed by atoms with Gasteiger partial charge in [0.15, 0.2) is 5.76 Å². The lowest BCUT2D eigenvalue weighted by molar-refractivity contribution is 0.0991. The van der Waals surface area contributed by atoms with Crippen molar-refractivity contribution in [3.63, 3.8) is 0 Å². The third-order valence-electron chi connectivity index (χ3n) is 6.62. The Morgan fingerprint density at radius 1 is 1.18 bits per heavy atom. The fraction of sp³-hybridized carbons (Fsp3) is 0.300. The molecule has 0 bridgehead atoms. The SMILES string of the molecule is Cc1ccoc1C(=O)Nc1cccc(-c2cncc(C(=O)N=[S@](=O)(CCCN(C)CCO)C3C=CC=CC3)c2)c1. The minimum absolute atomic E-state index is 0.0488. The summed E-state index contributed by atoms with van der Waals surface area (Å²) in [6, 6.07) is 10.6. The lowest BCUT2D eigenvalue weighted by Gasteiger charge is -2.21. The van der Waals surface area contributed by atoms with Crippen molar-refractivity contribution in [2.24, 2.45) is 4.36 Å². The molecule has 1 aliphatic rings. The molecule has 2 heterocycles. The average Bonchev–Trinajstić information content (AvgIpc) is 3.40. The maximum atomic E-state index is 14.1. The predicted molar refractivity (Wildman–Crippen MR) is 157 cm³/mol. The lowest BCUT2D eigenvalue weighted by atomic mass is 10.1. The number of allylic oxidation sites excluding steroid dienone is 3. The van der Waals surface area contributed by atoms with Gasteiger partial charge in [-0.15, -0.1) is 0 Å². The number of nitrogens with one attached hydrogen (secondary N) is 1. The van der Waals surface area contributed by atoms with Gasteiger partial charge in [0.25, 0.3) is 11.8 Å². The molecule has 3 aromatic rings. The molecule has 0 fully saturated rings. The summed E-state index contributed by atoms with van der Waals surface area (Å²) in [7, 11) is -1.02. The van der Waals surface area contributed by atoms with E-state index in [0.717, 1.165) is 11.1 Å². The minimum atomic E-state index is -2.91. The Kier molecular flexibility index (Phi) is 9.81. The van der Waals surface area contributed by atoms with E-state index in [1.165, 1.54) is 12.5 Å². The molecule has 0 saturated heterocycles. The highest BCUT2D eigenvalue weighted by Crippen LogP contribution is 2.25. The van der Waals surface area contributed by atoms with Gasteiger partial charge in [-0.1, -0.05) is 36.4 Å². The maximum Gasteiger partial charge on any atom is 0.291 e. The number of hydrogen-bond donors (Lipinski definition) is 2. The fourth-order valence-electron chi connectivity index (χ4n) is 4.40. The Hall–Kier alpha value is -3.86. The smallest absolute Gasteiger partial charge is 0.291 e. The molecule has 0 saturated carbocycles. The first-order valence-corrected chi connectivity index (χ1v) is 14.9. The first-order chi connectivity index (χ1) is 19.3. The van der Waals surface area contributed by atoms with Crippen LogP contribution in [-0.4, -0.2) is 68.8 Å². The standard InChI is InChI=1S/C30H34N4O5S/c1-22-12-16-39-28(22)30(37)32-26-9-6-8-23(19-26)24-18-25(21-31-20-24)29(36)33-40(38,27-10-4-3-5-11-27)17-7-13-34(2)14-15-35/h3-6,8-10,12,16,18-21,27,35H,7,11,13-15,17H2,1-2H3,(H,32,37)/t27?,40-/m0/s1. The second kappa shape index (κ2) is 13.5. The Balaban J connectivity index is 1.56. The number of aromatic nitrogens is 1. The summed E-state index contributed by atoms with van der Waals surface area (Å²) >= 11 is 0. The van der Waals surface area contributed by atoms with Crippen LogP contribution >= 0.6 is 0 Å². The van der Waals surface area contributed by atoms with Crippen LogP contribution in [0.3, 0.4) is 0 Å². The molecule has 0 aliphatic heterocycles. The van der Waals surface area contributed by atoms with E-state index in [1.54, 1.807) is 43.5 Å². The van der Waals surface area contributed by atoms with Gasteiger partial charge in [0, 0.05) is 41.5 Å². The monoisotopic (exact) mass is 562 g/mol. The van der Waals surface area contributed by atoms with E-state index in [0.29, 0.717) is 37.2 Å². The highest BCUT2D eigenvalue weighted by Gasteiger charge is 2.24. The summed E-state index contributed by atoms with van der Waals surface area (Å²) in [4.78, 5) is 32.1. The van der Waals surface area contributed by atoms with Crippen LogP contribution < -0.4 is 5.32 Å². The number of likely N-dealkylation sites (N-methyl/N-ethyl adjacent to an activating group) is 1. The van der Waals surface area contributed by atoms with Crippen molar-refractivity contribution in [3.8, 4) is 11.1 Å². The van der Waals surface area contributed by atoms with E-state index in [2.05, 4.69) is 14.7 Å². The van der Waals surface area contributed by atoms with E-state index in [4.69, 9.17) is 9.52 Å². The number of nitrogens with zero attached hydrogens (tertiary/aromatic N) is 3. The van der Waals surface area contributed by atoms with E-state index < -0.39 is 15.6 Å². The number of furan rings is 1. The normalized spacial score (nSPS) is 16.1. The summed E-state index contributed by atoms with van der Waals surface area (Å²) in [5.41, 5.74) is 2.93. The van der Waals surface area contributed by atoms with E-state index in [-0.39, 0.29) is 34.8 Å². The van der Waals surface area contributed by atoms with Crippen LogP contribution in [0, 0.1) is 6.92 Å². The number of benzene rings is 1. The van der Waals surface area contributed by atoms with Crippen molar-refractivity contribution in [2.45, 2.75) is 25.0 Å². The molecule has 2 N–H and O–H groups in total. The van der Waals surface area contributed by atoms with Crippen molar-refractivity contribution in [2.75, 3.05) is 37.8 Å². The quantitative estimate of drug-likeness (QED) is 0.347. The average molecular weight is 563 g/mol. The zero-order valence-corrected chi connectivity index (χ0v) is 23.5. The first-order valence-electron chi connectivity index (χ1n) is 13.1. The van der Waals surface area contributed by atoms with Crippen LogP contribution in [-0.2, 0) is 9.73 Å². The molecule has 1 aliphatic carbocycles. The van der Waals surface area contributed by atoms with Crippen molar-refractivity contribution in [1.29, 1.82) is 0 Å². The molecular weight excluding hydrogens is 528 g/mol. The summed E-state index contributed by atoms with van der Waals surface area (Å²) in [5, 5.41) is 11.6. The summed E-state index contributed by atoms with van der Waals surface area (Å²) in [6.07, 6.45) is 13.2. The molecule has 2 amide bonds. The number of aryl methyl sites for hydroxylation is 1. The van der Waals surface area contributed by atoms with Gasteiger partial charge in [-0.3, -0.25) is 14.6 Å². The van der Waals surface area contributed by atoms with Gasteiger partial charge >= 0.3 is 0 Å². The van der Waals surface area contributed by atoms with Gasteiger partial charge < -0.3 is 19.7 Å². The van der Waals surface area contributed by atoms with Gasteiger partial charge in [0.05, 0.1) is 33.4 Å². The van der Waals surface area contributed by atoms with Crippen LogP contribution in [0.4, 0.5) is 5.69 Å². The van der Waals surface area contributed by atoms with E-state index in [1.807, 2.05) is 42.3 Å². The molecule has 1 unspecified atom stereocenters. The largest absolute Gasteiger partial charge is 0.459 e. The predicted octanol–water partition coefficient (Wildman–Crippen LogP) is 4.71. The zero-order valence-electron chi connectivity index (χ0n) is 22.7. The fourth-order valence-corrected chi connectivity index (χ4v) is 6.60. The maximum absolute atomic E-state index is 14.1. The number of amides is 2. The van der Waals surface area contributed by atoms with Gasteiger partial charge in [-0.25, -0.2) is 4.21 Å². The third-order valence-corrected chi connectivity index (χ3v) is 9.26. The Morgan fingerprint density at radius 3 is 2.75 bits per heavy atom. The minimum Gasteiger partial charge on any atom is -0.459 e. The summed E-state index contributed by atoms with van der Waals surface area (Å²) < 4.78 is 23.7. The van der Waals surface area contributed by atoms with Crippen molar-refractivity contribution >= 4 is 27.2 Å². The summed E-state index contributed by atoms with van der Waals surface area (Å²) in [5.74, 6) is -0.428. The van der Waals surface area contributed by atoms with Gasteiger partial charge in [-0.2, -0.15) is 4.36 Å². The number of carbonyl (C=O) groups excluding carboxylic acids is 2. The molecule has 9 nitrogen and oxygen atoms in total. The van der Waals surface area contributed by atoms with Gasteiger partial charge in [-0.05, 0) is 63.2 Å². The Bertz CT molecular complexity index is 1530. The number of aliphatic hydroxyl groups excluding tert-OH is 1. The highest BCUT2D eigenvalue weighted by atomic mass is 32.2. The van der Waals surface area contributed by atoms with E-state index in [9.17, 15) is 13.8 Å². The number of carbonyl (C=O) groups is 2. The number of aliphatic hydroxyl groups is 1. The zero-order chi connectivity index (χ0) is 28.5. The molecule has 40 heavy (non-hydrogen) atoms. The van der Waals surface area contributed by atoms with Gasteiger partial charge in [0.2, 0.25) is 0 Å². The van der Waals surface area contributed by atoms with E-state index >= 15 is 0 Å². The van der Waals surface area contributed by atoms with Crippen LogP contribution in [0.15, 0.2) is 88.1 Å². The summed E-state index contributed by atoms with van der Waals surface area (Å²) in [6.45, 7) is 3.00. The molecular formula is C30H34N4O5S.